The first kappa shape index (κ1) is 12.1. The number of aromatic carboxylic acids is 1. The summed E-state index contributed by atoms with van der Waals surface area (Å²) in [4.78, 5) is 10.8. The van der Waals surface area contributed by atoms with Crippen molar-refractivity contribution >= 4 is 5.97 Å². The third-order valence-corrected chi connectivity index (χ3v) is 2.66. The minimum atomic E-state index is -1.19. The number of nitrogens with zero attached hydrogens (tertiary/aromatic N) is 2. The number of hydrogen-bond acceptors (Lipinski definition) is 3. The molecule has 0 amide bonds. The summed E-state index contributed by atoms with van der Waals surface area (Å²) in [6.45, 7) is 1.58. The Kier molecular flexibility index (Phi) is 2.78. The lowest BCUT2D eigenvalue weighted by atomic mass is 10.1. The number of rotatable bonds is 2. The van der Waals surface area contributed by atoms with Crippen molar-refractivity contribution in [1.82, 2.24) is 9.78 Å². The van der Waals surface area contributed by atoms with Gasteiger partial charge in [-0.1, -0.05) is 0 Å². The molecule has 0 spiro atoms. The van der Waals surface area contributed by atoms with Crippen LogP contribution in [0.3, 0.4) is 0 Å². The van der Waals surface area contributed by atoms with Crippen molar-refractivity contribution in [3.8, 4) is 17.0 Å². The number of halogens is 1. The van der Waals surface area contributed by atoms with Crippen molar-refractivity contribution in [1.29, 1.82) is 0 Å². The van der Waals surface area contributed by atoms with E-state index < -0.39 is 11.8 Å². The molecule has 0 aliphatic rings. The highest BCUT2D eigenvalue weighted by Crippen LogP contribution is 2.29. The van der Waals surface area contributed by atoms with Gasteiger partial charge >= 0.3 is 5.97 Å². The third-order valence-electron chi connectivity index (χ3n) is 2.66. The first-order valence-electron chi connectivity index (χ1n) is 5.17. The zero-order chi connectivity index (χ0) is 13.4. The molecule has 2 aromatic rings. The Morgan fingerprint density at radius 2 is 2.06 bits per heavy atom. The fourth-order valence-corrected chi connectivity index (χ4v) is 1.68. The Labute approximate surface area is 102 Å². The molecular formula is C12H11FN2O3. The summed E-state index contributed by atoms with van der Waals surface area (Å²) in [5.74, 6) is -1.77. The minimum Gasteiger partial charge on any atom is -0.508 e. The number of aromatic nitrogens is 2. The molecule has 2 rings (SSSR count). The van der Waals surface area contributed by atoms with E-state index >= 15 is 0 Å². The fourth-order valence-electron chi connectivity index (χ4n) is 1.68. The lowest BCUT2D eigenvalue weighted by molar-refractivity contribution is 0.0689. The van der Waals surface area contributed by atoms with Crippen molar-refractivity contribution in [2.24, 2.45) is 7.05 Å². The number of phenolic OH excluding ortho intramolecular Hbond substituents is 1. The molecule has 0 unspecified atom stereocenters. The molecule has 1 heterocycles. The van der Waals surface area contributed by atoms with Gasteiger partial charge in [0.15, 0.2) is 5.69 Å². The summed E-state index contributed by atoms with van der Waals surface area (Å²) in [5, 5.41) is 22.1. The number of carboxylic acid groups (broad SMARTS) is 1. The van der Waals surface area contributed by atoms with Crippen molar-refractivity contribution in [3.05, 3.63) is 35.3 Å². The largest absolute Gasteiger partial charge is 0.508 e. The molecule has 0 aliphatic heterocycles. The van der Waals surface area contributed by atoms with Gasteiger partial charge < -0.3 is 10.2 Å². The topological polar surface area (TPSA) is 75.3 Å². The maximum absolute atomic E-state index is 13.8. The fraction of sp³-hybridized carbons (Fsp3) is 0.167. The molecule has 0 aliphatic carbocycles. The first-order valence-corrected chi connectivity index (χ1v) is 5.17. The van der Waals surface area contributed by atoms with Crippen molar-refractivity contribution in [3.63, 3.8) is 0 Å². The summed E-state index contributed by atoms with van der Waals surface area (Å²) >= 11 is 0. The van der Waals surface area contributed by atoms with Gasteiger partial charge in [0.2, 0.25) is 0 Å². The highest BCUT2D eigenvalue weighted by atomic mass is 19.1. The predicted molar refractivity (Wildman–Crippen MR) is 62.0 cm³/mol. The zero-order valence-corrected chi connectivity index (χ0v) is 9.81. The normalized spacial score (nSPS) is 10.6. The number of aromatic hydroxyl groups is 1. The van der Waals surface area contributed by atoms with Crippen molar-refractivity contribution in [2.75, 3.05) is 0 Å². The lowest BCUT2D eigenvalue weighted by Crippen LogP contribution is -1.99. The highest BCUT2D eigenvalue weighted by Gasteiger charge is 2.16. The highest BCUT2D eigenvalue weighted by molar-refractivity contribution is 5.87. The van der Waals surface area contributed by atoms with Gasteiger partial charge in [-0.05, 0) is 30.7 Å². The van der Waals surface area contributed by atoms with Gasteiger partial charge in [0, 0.05) is 12.6 Å². The lowest BCUT2D eigenvalue weighted by Gasteiger charge is -2.06. The summed E-state index contributed by atoms with van der Waals surface area (Å²) in [6.07, 6.45) is 0. The summed E-state index contributed by atoms with van der Waals surface area (Å²) in [5.41, 5.74) is 0.643. The van der Waals surface area contributed by atoms with Crippen LogP contribution in [-0.2, 0) is 7.05 Å². The van der Waals surface area contributed by atoms with E-state index in [9.17, 15) is 14.3 Å². The molecule has 0 radical (unpaired) electrons. The van der Waals surface area contributed by atoms with Gasteiger partial charge in [-0.15, -0.1) is 0 Å². The molecule has 6 heteroatoms. The molecule has 1 aromatic heterocycles. The number of aryl methyl sites for hydroxylation is 2. The zero-order valence-electron chi connectivity index (χ0n) is 9.81. The van der Waals surface area contributed by atoms with Gasteiger partial charge in [-0.3, -0.25) is 4.68 Å². The van der Waals surface area contributed by atoms with Crippen LogP contribution < -0.4 is 0 Å². The third kappa shape index (κ3) is 1.92. The Morgan fingerprint density at radius 3 is 2.61 bits per heavy atom. The Hall–Kier alpha value is -2.37. The molecule has 0 atom stereocenters. The smallest absolute Gasteiger partial charge is 0.356 e. The monoisotopic (exact) mass is 250 g/mol. The number of hydrogen-bond donors (Lipinski definition) is 2. The van der Waals surface area contributed by atoms with Gasteiger partial charge in [-0.25, -0.2) is 9.18 Å². The SMILES string of the molecule is Cc1cc(F)c(-c2cc(C(=O)O)nn2C)cc1O. The van der Waals surface area contributed by atoms with E-state index in [4.69, 9.17) is 5.11 Å². The molecular weight excluding hydrogens is 239 g/mol. The molecule has 5 nitrogen and oxygen atoms in total. The molecule has 94 valence electrons. The maximum Gasteiger partial charge on any atom is 0.356 e. The van der Waals surface area contributed by atoms with Gasteiger partial charge in [0.1, 0.15) is 11.6 Å². The van der Waals surface area contributed by atoms with Crippen LogP contribution >= 0.6 is 0 Å². The Morgan fingerprint density at radius 1 is 1.39 bits per heavy atom. The van der Waals surface area contributed by atoms with E-state index in [2.05, 4.69) is 5.10 Å². The van der Waals surface area contributed by atoms with Crippen molar-refractivity contribution < 1.29 is 19.4 Å². The molecule has 1 aromatic carbocycles. The average Bonchev–Trinajstić information content (AvgIpc) is 2.66. The average molecular weight is 250 g/mol. The minimum absolute atomic E-state index is 0.0514. The standard InChI is InChI=1S/C12H11FN2O3/c1-6-3-8(13)7(4-11(6)16)10-5-9(12(17)18)14-15(10)2/h3-5,16H,1-2H3,(H,17,18). The van der Waals surface area contributed by atoms with Crippen molar-refractivity contribution in [2.45, 2.75) is 6.92 Å². The Bertz CT molecular complexity index is 634. The summed E-state index contributed by atoms with van der Waals surface area (Å²) in [6, 6.07) is 3.71. The van der Waals surface area contributed by atoms with E-state index in [1.54, 1.807) is 6.92 Å². The molecule has 0 saturated heterocycles. The molecule has 0 fully saturated rings. The van der Waals surface area contributed by atoms with Gasteiger partial charge in [0.05, 0.1) is 5.69 Å². The van der Waals surface area contributed by atoms with Crippen LogP contribution in [0.4, 0.5) is 4.39 Å². The number of phenols is 1. The van der Waals surface area contributed by atoms with E-state index in [-0.39, 0.29) is 17.0 Å². The van der Waals surface area contributed by atoms with Crippen LogP contribution in [0.15, 0.2) is 18.2 Å². The first-order chi connectivity index (χ1) is 8.40. The van der Waals surface area contributed by atoms with Gasteiger partial charge in [0.25, 0.3) is 0 Å². The van der Waals surface area contributed by atoms with E-state index in [1.165, 1.54) is 29.9 Å². The predicted octanol–water partition coefficient (Wildman–Crippen LogP) is 1.94. The van der Waals surface area contributed by atoms with Crippen LogP contribution in [0.25, 0.3) is 11.3 Å². The molecule has 0 bridgehead atoms. The quantitative estimate of drug-likeness (QED) is 0.854. The Balaban J connectivity index is 2.62. The van der Waals surface area contributed by atoms with Crippen LogP contribution in [0, 0.1) is 12.7 Å². The van der Waals surface area contributed by atoms with E-state index in [1.807, 2.05) is 0 Å². The van der Waals surface area contributed by atoms with Crippen LogP contribution in [0.1, 0.15) is 16.1 Å². The summed E-state index contributed by atoms with van der Waals surface area (Å²) in [7, 11) is 1.51. The second-order valence-electron chi connectivity index (χ2n) is 3.96. The van der Waals surface area contributed by atoms with Crippen LogP contribution in [0.2, 0.25) is 0 Å². The van der Waals surface area contributed by atoms with Crippen LogP contribution in [0.5, 0.6) is 5.75 Å². The van der Waals surface area contributed by atoms with Gasteiger partial charge in [-0.2, -0.15) is 5.10 Å². The molecule has 18 heavy (non-hydrogen) atoms. The molecule has 0 saturated carbocycles. The maximum atomic E-state index is 13.8. The second-order valence-corrected chi connectivity index (χ2v) is 3.96. The second kappa shape index (κ2) is 4.14. The van der Waals surface area contributed by atoms with Crippen LogP contribution in [-0.4, -0.2) is 26.0 Å². The number of carbonyl (C=O) groups is 1. The number of benzene rings is 1. The summed E-state index contributed by atoms with van der Waals surface area (Å²) < 4.78 is 15.1. The molecule has 2 N–H and O–H groups in total. The van der Waals surface area contributed by atoms with E-state index in [0.717, 1.165) is 0 Å². The number of carboxylic acids is 1. The van der Waals surface area contributed by atoms with E-state index in [0.29, 0.717) is 11.3 Å².